The van der Waals surface area contributed by atoms with Crippen molar-refractivity contribution in [1.29, 1.82) is 0 Å². The molecule has 4 heteroatoms. The summed E-state index contributed by atoms with van der Waals surface area (Å²) in [6.07, 6.45) is 5.53. The molecule has 0 saturated carbocycles. The summed E-state index contributed by atoms with van der Waals surface area (Å²) in [5.41, 5.74) is 4.00. The Bertz CT molecular complexity index is 1820. The van der Waals surface area contributed by atoms with Crippen LogP contribution in [-0.2, 0) is 0 Å². The van der Waals surface area contributed by atoms with Crippen LogP contribution in [-0.4, -0.2) is 15.0 Å². The molecular formula is C31H19N3O. The molecule has 0 atom stereocenters. The third kappa shape index (κ3) is 3.19. The largest absolute Gasteiger partial charge is 0.438 e. The molecule has 35 heavy (non-hydrogen) atoms. The smallest absolute Gasteiger partial charge is 0.219 e. The van der Waals surface area contributed by atoms with Crippen molar-refractivity contribution in [2.24, 2.45) is 0 Å². The van der Waals surface area contributed by atoms with Gasteiger partial charge in [-0.3, -0.25) is 9.97 Å². The Balaban J connectivity index is 1.49. The average molecular weight is 450 g/mol. The molecule has 0 saturated heterocycles. The van der Waals surface area contributed by atoms with Gasteiger partial charge >= 0.3 is 0 Å². The zero-order valence-corrected chi connectivity index (χ0v) is 18.7. The Morgan fingerprint density at radius 2 is 1.29 bits per heavy atom. The molecule has 7 rings (SSSR count). The quantitative estimate of drug-likeness (QED) is 0.203. The van der Waals surface area contributed by atoms with Gasteiger partial charge in [-0.25, -0.2) is 4.98 Å². The number of pyridine rings is 3. The third-order valence-electron chi connectivity index (χ3n) is 6.45. The minimum absolute atomic E-state index is 0.534. The van der Waals surface area contributed by atoms with Crippen molar-refractivity contribution in [2.75, 3.05) is 0 Å². The van der Waals surface area contributed by atoms with E-state index in [1.54, 1.807) is 6.20 Å². The van der Waals surface area contributed by atoms with E-state index in [4.69, 9.17) is 9.72 Å². The van der Waals surface area contributed by atoms with Crippen LogP contribution < -0.4 is 4.74 Å². The molecule has 0 aliphatic rings. The maximum atomic E-state index is 6.59. The lowest BCUT2D eigenvalue weighted by atomic mass is 9.92. The van der Waals surface area contributed by atoms with Gasteiger partial charge in [0.1, 0.15) is 11.3 Å². The molecule has 0 fully saturated rings. The van der Waals surface area contributed by atoms with E-state index >= 15 is 0 Å². The fraction of sp³-hybridized carbons (Fsp3) is 0. The standard InChI is InChI=1S/C31H19N3O/c1-2-7-20(8-3-1)28-23-10-4-5-11-24(23)31(25-16-18-32-19-26(25)28)35-27-15-14-22-13-12-21-9-6-17-33-29(21)30(22)34-27/h1-19H. The molecule has 3 heterocycles. The van der Waals surface area contributed by atoms with E-state index < -0.39 is 0 Å². The van der Waals surface area contributed by atoms with Crippen LogP contribution >= 0.6 is 0 Å². The van der Waals surface area contributed by atoms with Crippen molar-refractivity contribution in [2.45, 2.75) is 0 Å². The van der Waals surface area contributed by atoms with Gasteiger partial charge in [-0.2, -0.15) is 0 Å². The highest BCUT2D eigenvalue weighted by Crippen LogP contribution is 2.44. The van der Waals surface area contributed by atoms with Crippen molar-refractivity contribution in [3.05, 3.63) is 116 Å². The summed E-state index contributed by atoms with van der Waals surface area (Å²) < 4.78 is 6.59. The van der Waals surface area contributed by atoms with Gasteiger partial charge in [0.25, 0.3) is 0 Å². The molecule has 3 aromatic heterocycles. The van der Waals surface area contributed by atoms with Crippen LogP contribution in [0.5, 0.6) is 11.6 Å². The van der Waals surface area contributed by atoms with Gasteiger partial charge in [0, 0.05) is 51.6 Å². The number of hydrogen-bond acceptors (Lipinski definition) is 4. The van der Waals surface area contributed by atoms with Crippen molar-refractivity contribution in [3.8, 4) is 22.8 Å². The van der Waals surface area contributed by atoms with Crippen molar-refractivity contribution < 1.29 is 4.74 Å². The summed E-state index contributed by atoms with van der Waals surface area (Å²) in [7, 11) is 0. The molecule has 7 aromatic rings. The summed E-state index contributed by atoms with van der Waals surface area (Å²) >= 11 is 0. The predicted molar refractivity (Wildman–Crippen MR) is 142 cm³/mol. The van der Waals surface area contributed by atoms with Gasteiger partial charge in [-0.05, 0) is 34.7 Å². The van der Waals surface area contributed by atoms with Gasteiger partial charge in [-0.15, -0.1) is 0 Å². The Kier molecular flexibility index (Phi) is 4.42. The van der Waals surface area contributed by atoms with E-state index in [1.807, 2.05) is 54.9 Å². The van der Waals surface area contributed by atoms with E-state index in [2.05, 4.69) is 64.6 Å². The predicted octanol–water partition coefficient (Wildman–Crippen LogP) is 7.94. The van der Waals surface area contributed by atoms with Crippen LogP contribution in [0, 0.1) is 0 Å². The second kappa shape index (κ2) is 7.89. The first kappa shape index (κ1) is 19.6. The molecule has 0 spiro atoms. The molecule has 0 N–H and O–H groups in total. The SMILES string of the molecule is c1ccc(-c2c3ccccc3c(Oc3ccc4ccc5cccnc5c4n3)c3ccncc23)cc1. The fourth-order valence-corrected chi connectivity index (χ4v) is 4.87. The second-order valence-electron chi connectivity index (χ2n) is 8.50. The Hall–Kier alpha value is -4.83. The number of rotatable bonds is 3. The molecular weight excluding hydrogens is 430 g/mol. The number of nitrogens with zero attached hydrogens (tertiary/aromatic N) is 3. The normalized spacial score (nSPS) is 11.4. The van der Waals surface area contributed by atoms with Crippen LogP contribution in [0.15, 0.2) is 116 Å². The van der Waals surface area contributed by atoms with Crippen LogP contribution in [0.4, 0.5) is 0 Å². The van der Waals surface area contributed by atoms with Gasteiger partial charge < -0.3 is 4.74 Å². The fourth-order valence-electron chi connectivity index (χ4n) is 4.87. The van der Waals surface area contributed by atoms with E-state index in [0.29, 0.717) is 5.88 Å². The summed E-state index contributed by atoms with van der Waals surface area (Å²) in [4.78, 5) is 13.9. The molecule has 0 aliphatic heterocycles. The number of hydrogen-bond donors (Lipinski definition) is 0. The average Bonchev–Trinajstić information content (AvgIpc) is 2.93. The van der Waals surface area contributed by atoms with E-state index in [-0.39, 0.29) is 0 Å². The number of fused-ring (bicyclic) bond motifs is 5. The van der Waals surface area contributed by atoms with Gasteiger partial charge in [0.05, 0.1) is 5.52 Å². The molecule has 0 amide bonds. The highest BCUT2D eigenvalue weighted by molar-refractivity contribution is 6.16. The van der Waals surface area contributed by atoms with Crippen molar-refractivity contribution in [1.82, 2.24) is 15.0 Å². The Morgan fingerprint density at radius 3 is 2.17 bits per heavy atom. The van der Waals surface area contributed by atoms with Gasteiger partial charge in [0.2, 0.25) is 5.88 Å². The van der Waals surface area contributed by atoms with Crippen molar-refractivity contribution >= 4 is 43.4 Å². The first-order valence-corrected chi connectivity index (χ1v) is 11.5. The lowest BCUT2D eigenvalue weighted by molar-refractivity contribution is 0.475. The first-order valence-electron chi connectivity index (χ1n) is 11.5. The van der Waals surface area contributed by atoms with Crippen LogP contribution in [0.25, 0.3) is 54.5 Å². The summed E-state index contributed by atoms with van der Waals surface area (Å²) in [6, 6.07) is 32.9. The van der Waals surface area contributed by atoms with E-state index in [0.717, 1.165) is 60.2 Å². The minimum Gasteiger partial charge on any atom is -0.438 e. The first-order chi connectivity index (χ1) is 17.4. The van der Waals surface area contributed by atoms with Crippen molar-refractivity contribution in [3.63, 3.8) is 0 Å². The molecule has 4 nitrogen and oxygen atoms in total. The monoisotopic (exact) mass is 449 g/mol. The third-order valence-corrected chi connectivity index (χ3v) is 6.45. The van der Waals surface area contributed by atoms with Gasteiger partial charge in [0.15, 0.2) is 0 Å². The highest BCUT2D eigenvalue weighted by atomic mass is 16.5. The Morgan fingerprint density at radius 1 is 0.543 bits per heavy atom. The Labute approximate surface area is 201 Å². The summed E-state index contributed by atoms with van der Waals surface area (Å²) in [6.45, 7) is 0. The lowest BCUT2D eigenvalue weighted by Crippen LogP contribution is -1.95. The minimum atomic E-state index is 0.534. The molecule has 0 unspecified atom stereocenters. The van der Waals surface area contributed by atoms with E-state index in [1.165, 1.54) is 0 Å². The highest BCUT2D eigenvalue weighted by Gasteiger charge is 2.17. The van der Waals surface area contributed by atoms with Crippen LogP contribution in [0.2, 0.25) is 0 Å². The maximum Gasteiger partial charge on any atom is 0.219 e. The molecule has 0 aliphatic carbocycles. The molecule has 0 bridgehead atoms. The zero-order valence-electron chi connectivity index (χ0n) is 18.7. The van der Waals surface area contributed by atoms with Gasteiger partial charge in [-0.1, -0.05) is 72.8 Å². The van der Waals surface area contributed by atoms with Crippen LogP contribution in [0.3, 0.4) is 0 Å². The summed E-state index contributed by atoms with van der Waals surface area (Å²) in [5, 5.41) is 6.27. The second-order valence-corrected chi connectivity index (χ2v) is 8.50. The number of aromatic nitrogens is 3. The zero-order chi connectivity index (χ0) is 23.2. The number of benzene rings is 4. The topological polar surface area (TPSA) is 47.9 Å². The lowest BCUT2D eigenvalue weighted by Gasteiger charge is -2.17. The maximum absolute atomic E-state index is 6.59. The molecule has 4 aromatic carbocycles. The molecule has 164 valence electrons. The van der Waals surface area contributed by atoms with E-state index in [9.17, 15) is 0 Å². The van der Waals surface area contributed by atoms with Crippen LogP contribution in [0.1, 0.15) is 0 Å². The molecule has 0 radical (unpaired) electrons. The summed E-state index contributed by atoms with van der Waals surface area (Å²) in [5.74, 6) is 1.31. The number of ether oxygens (including phenoxy) is 1.